The van der Waals surface area contributed by atoms with Crippen LogP contribution in [0.4, 0.5) is 5.69 Å². The van der Waals surface area contributed by atoms with E-state index in [1.165, 1.54) is 23.3 Å². The molecule has 2 rings (SSSR count). The number of sulfonamides is 1. The number of rotatable bonds is 3. The van der Waals surface area contributed by atoms with E-state index in [-0.39, 0.29) is 4.90 Å². The third-order valence-electron chi connectivity index (χ3n) is 2.77. The quantitative estimate of drug-likeness (QED) is 0.882. The predicted molar refractivity (Wildman–Crippen MR) is 81.0 cm³/mol. The minimum Gasteiger partial charge on any atom is -0.256 e. The molecular weight excluding hydrogens is 272 g/mol. The Hall–Kier alpha value is -1.98. The topological polar surface area (TPSA) is 72.5 Å². The van der Waals surface area contributed by atoms with Gasteiger partial charge in [0, 0.05) is 6.21 Å². The Morgan fingerprint density at radius 1 is 1.00 bits per heavy atom. The Bertz CT molecular complexity index is 728. The number of aryl methyl sites for hydroxylation is 2. The van der Waals surface area contributed by atoms with Crippen LogP contribution in [0, 0.1) is 13.8 Å². The highest BCUT2D eigenvalue weighted by atomic mass is 32.2. The average Bonchev–Trinajstić information content (AvgIpc) is 2.35. The van der Waals surface area contributed by atoms with Crippen LogP contribution in [0.5, 0.6) is 0 Å². The van der Waals surface area contributed by atoms with Crippen molar-refractivity contribution < 1.29 is 8.42 Å². The molecule has 0 aromatic heterocycles. The van der Waals surface area contributed by atoms with Gasteiger partial charge in [0.25, 0.3) is 0 Å². The summed E-state index contributed by atoms with van der Waals surface area (Å²) in [5.74, 6) is 0. The van der Waals surface area contributed by atoms with Crippen LogP contribution in [0.2, 0.25) is 0 Å². The maximum Gasteiger partial charge on any atom is 0.238 e. The number of nitrogens with zero attached hydrogens (tertiary/aromatic N) is 1. The Kier molecular flexibility index (Phi) is 4.01. The molecule has 0 aliphatic rings. The Labute approximate surface area is 119 Å². The van der Waals surface area contributed by atoms with E-state index in [1.54, 1.807) is 18.3 Å². The molecule has 20 heavy (non-hydrogen) atoms. The SMILES string of the molecule is Cc1cc(C)cc(/C=N/c2ccc(S(N)(=O)=O)cc2)c1. The lowest BCUT2D eigenvalue weighted by molar-refractivity contribution is 0.598. The molecule has 0 atom stereocenters. The van der Waals surface area contributed by atoms with Gasteiger partial charge < -0.3 is 0 Å². The molecule has 104 valence electrons. The molecule has 0 saturated carbocycles. The van der Waals surface area contributed by atoms with Gasteiger partial charge in [-0.2, -0.15) is 0 Å². The smallest absolute Gasteiger partial charge is 0.238 e. The molecular formula is C15H16N2O2S. The molecule has 0 bridgehead atoms. The van der Waals surface area contributed by atoms with Gasteiger partial charge in [0.15, 0.2) is 0 Å². The van der Waals surface area contributed by atoms with E-state index in [4.69, 9.17) is 5.14 Å². The molecule has 4 nitrogen and oxygen atoms in total. The van der Waals surface area contributed by atoms with Crippen LogP contribution in [0.1, 0.15) is 16.7 Å². The molecule has 0 fully saturated rings. The first-order chi connectivity index (χ1) is 9.34. The van der Waals surface area contributed by atoms with Gasteiger partial charge in [0.2, 0.25) is 10.0 Å². The second-order valence-corrected chi connectivity index (χ2v) is 6.28. The number of nitrogens with two attached hydrogens (primary N) is 1. The van der Waals surface area contributed by atoms with Crippen LogP contribution in [-0.4, -0.2) is 14.6 Å². The van der Waals surface area contributed by atoms with Gasteiger partial charge in [0.05, 0.1) is 10.6 Å². The van der Waals surface area contributed by atoms with E-state index in [2.05, 4.69) is 11.1 Å². The standard InChI is InChI=1S/C15H16N2O2S/c1-11-7-12(2)9-13(8-11)10-17-14-3-5-15(6-4-14)20(16,18)19/h3-10H,1-2H3,(H2,16,18,19)/b17-10+. The van der Waals surface area contributed by atoms with Crippen molar-refractivity contribution in [2.24, 2.45) is 10.1 Å². The summed E-state index contributed by atoms with van der Waals surface area (Å²) in [4.78, 5) is 4.41. The first kappa shape index (κ1) is 14.4. The van der Waals surface area contributed by atoms with Crippen molar-refractivity contribution in [3.05, 3.63) is 59.2 Å². The minimum absolute atomic E-state index is 0.0860. The van der Waals surface area contributed by atoms with Gasteiger partial charge in [-0.25, -0.2) is 13.6 Å². The maximum absolute atomic E-state index is 11.1. The second kappa shape index (κ2) is 5.56. The van der Waals surface area contributed by atoms with Gasteiger partial charge in [-0.1, -0.05) is 29.3 Å². The molecule has 0 radical (unpaired) electrons. The Morgan fingerprint density at radius 3 is 2.05 bits per heavy atom. The summed E-state index contributed by atoms with van der Waals surface area (Å²) in [6.45, 7) is 4.07. The molecule has 2 N–H and O–H groups in total. The fraction of sp³-hybridized carbons (Fsp3) is 0.133. The first-order valence-electron chi connectivity index (χ1n) is 6.10. The van der Waals surface area contributed by atoms with Gasteiger partial charge in [-0.15, -0.1) is 0 Å². The summed E-state index contributed by atoms with van der Waals surface area (Å²) >= 11 is 0. The molecule has 0 spiro atoms. The van der Waals surface area contributed by atoms with Crippen molar-refractivity contribution in [2.45, 2.75) is 18.7 Å². The average molecular weight is 288 g/mol. The van der Waals surface area contributed by atoms with Crippen molar-refractivity contribution in [3.8, 4) is 0 Å². The van der Waals surface area contributed by atoms with E-state index in [1.807, 2.05) is 26.0 Å². The first-order valence-corrected chi connectivity index (χ1v) is 7.64. The maximum atomic E-state index is 11.1. The molecule has 2 aromatic rings. The van der Waals surface area contributed by atoms with Crippen LogP contribution in [0.25, 0.3) is 0 Å². The number of primary sulfonamides is 1. The fourth-order valence-corrected chi connectivity index (χ4v) is 2.47. The lowest BCUT2D eigenvalue weighted by Gasteiger charge is -2.00. The molecule has 5 heteroatoms. The fourth-order valence-electron chi connectivity index (χ4n) is 1.96. The van der Waals surface area contributed by atoms with E-state index in [0.29, 0.717) is 5.69 Å². The molecule has 0 aliphatic heterocycles. The highest BCUT2D eigenvalue weighted by molar-refractivity contribution is 7.89. The van der Waals surface area contributed by atoms with Gasteiger partial charge in [-0.05, 0) is 43.7 Å². The lowest BCUT2D eigenvalue weighted by atomic mass is 10.1. The van der Waals surface area contributed by atoms with E-state index >= 15 is 0 Å². The zero-order chi connectivity index (χ0) is 14.8. The number of benzene rings is 2. The van der Waals surface area contributed by atoms with E-state index in [9.17, 15) is 8.42 Å². The van der Waals surface area contributed by atoms with Crippen molar-refractivity contribution >= 4 is 21.9 Å². The van der Waals surface area contributed by atoms with Crippen LogP contribution >= 0.6 is 0 Å². The van der Waals surface area contributed by atoms with Crippen LogP contribution < -0.4 is 5.14 Å². The molecule has 0 aliphatic carbocycles. The summed E-state index contributed by atoms with van der Waals surface area (Å²) in [6.07, 6.45) is 1.76. The minimum atomic E-state index is -3.65. The summed E-state index contributed by atoms with van der Waals surface area (Å²) in [5.41, 5.74) is 4.04. The highest BCUT2D eigenvalue weighted by Gasteiger charge is 2.05. The zero-order valence-corrected chi connectivity index (χ0v) is 12.2. The van der Waals surface area contributed by atoms with Crippen LogP contribution in [0.15, 0.2) is 52.4 Å². The normalized spacial score (nSPS) is 11.9. The monoisotopic (exact) mass is 288 g/mol. The summed E-state index contributed by atoms with van der Waals surface area (Å²) in [5, 5.41) is 5.04. The number of aliphatic imine (C=N–C) groups is 1. The molecule has 0 saturated heterocycles. The largest absolute Gasteiger partial charge is 0.256 e. The Morgan fingerprint density at radius 2 is 1.55 bits per heavy atom. The van der Waals surface area contributed by atoms with Crippen molar-refractivity contribution in [2.75, 3.05) is 0 Å². The summed E-state index contributed by atoms with van der Waals surface area (Å²) in [6, 6.07) is 12.3. The van der Waals surface area contributed by atoms with Crippen molar-refractivity contribution in [3.63, 3.8) is 0 Å². The number of hydrogen-bond acceptors (Lipinski definition) is 3. The second-order valence-electron chi connectivity index (χ2n) is 4.72. The molecule has 0 amide bonds. The lowest BCUT2D eigenvalue weighted by Crippen LogP contribution is -2.11. The van der Waals surface area contributed by atoms with Gasteiger partial charge in [0.1, 0.15) is 0 Å². The zero-order valence-electron chi connectivity index (χ0n) is 11.4. The third kappa shape index (κ3) is 3.76. The van der Waals surface area contributed by atoms with E-state index < -0.39 is 10.0 Å². The highest BCUT2D eigenvalue weighted by Crippen LogP contribution is 2.16. The van der Waals surface area contributed by atoms with Gasteiger partial charge >= 0.3 is 0 Å². The van der Waals surface area contributed by atoms with E-state index in [0.717, 1.165) is 5.56 Å². The van der Waals surface area contributed by atoms with Crippen LogP contribution in [0.3, 0.4) is 0 Å². The third-order valence-corrected chi connectivity index (χ3v) is 3.70. The van der Waals surface area contributed by atoms with Gasteiger partial charge in [-0.3, -0.25) is 4.99 Å². The van der Waals surface area contributed by atoms with Crippen molar-refractivity contribution in [1.82, 2.24) is 0 Å². The van der Waals surface area contributed by atoms with Crippen molar-refractivity contribution in [1.29, 1.82) is 0 Å². The molecule has 2 aromatic carbocycles. The van der Waals surface area contributed by atoms with Crippen LogP contribution in [-0.2, 0) is 10.0 Å². The predicted octanol–water partition coefficient (Wildman–Crippen LogP) is 2.70. The number of hydrogen-bond donors (Lipinski definition) is 1. The summed E-state index contributed by atoms with van der Waals surface area (Å²) < 4.78 is 22.3. The Balaban J connectivity index is 2.23. The molecule has 0 heterocycles. The summed E-state index contributed by atoms with van der Waals surface area (Å²) in [7, 11) is -3.65. The molecule has 0 unspecified atom stereocenters.